The maximum atomic E-state index is 13.1. The Kier molecular flexibility index (Phi) is 7.62. The van der Waals surface area contributed by atoms with E-state index in [1.165, 1.54) is 11.9 Å². The number of hydrogen-bond donors (Lipinski definition) is 2. The Morgan fingerprint density at radius 1 is 1.06 bits per heavy atom. The second kappa shape index (κ2) is 10.4. The van der Waals surface area contributed by atoms with Crippen LogP contribution in [-0.4, -0.2) is 47.1 Å². The molecule has 0 saturated carbocycles. The Morgan fingerprint density at radius 3 is 2.34 bits per heavy atom. The minimum absolute atomic E-state index is 0.199. The third kappa shape index (κ3) is 5.33. The van der Waals surface area contributed by atoms with E-state index in [4.69, 9.17) is 17.3 Å². The number of ketones is 1. The Hall–Kier alpha value is -3.22. The van der Waals surface area contributed by atoms with Crippen LogP contribution in [0.1, 0.15) is 15.9 Å². The van der Waals surface area contributed by atoms with Crippen LogP contribution in [0.4, 0.5) is 0 Å². The summed E-state index contributed by atoms with van der Waals surface area (Å²) in [5.41, 5.74) is 7.41. The second-order valence-corrected chi connectivity index (χ2v) is 8.25. The van der Waals surface area contributed by atoms with Gasteiger partial charge >= 0.3 is 0 Å². The molecule has 1 aliphatic carbocycles. The number of carbonyl (C=O) groups is 3. The highest BCUT2D eigenvalue weighted by Crippen LogP contribution is 2.36. The van der Waals surface area contributed by atoms with E-state index in [1.807, 2.05) is 36.4 Å². The van der Waals surface area contributed by atoms with Crippen LogP contribution in [0.5, 0.6) is 0 Å². The van der Waals surface area contributed by atoms with E-state index in [1.54, 1.807) is 48.6 Å². The molecule has 0 aromatic heterocycles. The lowest BCUT2D eigenvalue weighted by Gasteiger charge is -2.39. The molecule has 0 fully saturated rings. The molecule has 3 N–H and O–H groups in total. The molecule has 166 valence electrons. The van der Waals surface area contributed by atoms with Gasteiger partial charge in [0.1, 0.15) is 5.00 Å². The van der Waals surface area contributed by atoms with Crippen LogP contribution in [0.25, 0.3) is 0 Å². The highest BCUT2D eigenvalue weighted by atomic mass is 35.5. The summed E-state index contributed by atoms with van der Waals surface area (Å²) >= 11 is 6.83. The topological polar surface area (TPSA) is 92.5 Å². The lowest BCUT2D eigenvalue weighted by Crippen LogP contribution is -2.55. The van der Waals surface area contributed by atoms with Gasteiger partial charge in [0.15, 0.2) is 5.78 Å². The van der Waals surface area contributed by atoms with Crippen molar-refractivity contribution in [2.45, 2.75) is 17.5 Å². The number of carbonyl (C=O) groups excluding carboxylic acids is 3. The molecule has 2 unspecified atom stereocenters. The molecule has 3 atom stereocenters. The van der Waals surface area contributed by atoms with E-state index >= 15 is 0 Å². The van der Waals surface area contributed by atoms with Gasteiger partial charge in [0, 0.05) is 12.6 Å². The average Bonchev–Trinajstić information content (AvgIpc) is 2.82. The Bertz CT molecular complexity index is 1020. The summed E-state index contributed by atoms with van der Waals surface area (Å²) in [4.78, 5) is 38.2. The van der Waals surface area contributed by atoms with E-state index in [-0.39, 0.29) is 12.3 Å². The van der Waals surface area contributed by atoms with Gasteiger partial charge in [-0.2, -0.15) is 0 Å². The van der Waals surface area contributed by atoms with Gasteiger partial charge in [0.05, 0.1) is 18.5 Å². The number of halogens is 1. The van der Waals surface area contributed by atoms with Crippen LogP contribution in [0.3, 0.4) is 0 Å². The molecule has 0 spiro atoms. The molecule has 2 amide bonds. The minimum Gasteiger partial charge on any atom is -0.346 e. The van der Waals surface area contributed by atoms with Crippen molar-refractivity contribution < 1.29 is 14.4 Å². The lowest BCUT2D eigenvalue weighted by molar-refractivity contribution is -0.134. The number of nitrogens with one attached hydrogen (secondary N) is 1. The van der Waals surface area contributed by atoms with E-state index in [0.717, 1.165) is 5.56 Å². The van der Waals surface area contributed by atoms with Crippen molar-refractivity contribution >= 4 is 29.2 Å². The summed E-state index contributed by atoms with van der Waals surface area (Å²) in [7, 11) is 1.51. The number of Topliss-reactive ketones (excluding diaryl/α,β-unsaturated/α-hetero) is 1. The molecule has 0 saturated heterocycles. The maximum absolute atomic E-state index is 13.1. The number of likely N-dealkylation sites (N-methyl/N-ethyl adjacent to an activating group) is 1. The van der Waals surface area contributed by atoms with Crippen molar-refractivity contribution in [2.24, 2.45) is 11.7 Å². The Labute approximate surface area is 192 Å². The summed E-state index contributed by atoms with van der Waals surface area (Å²) in [6.45, 7) is -0.282. The molecule has 6 nitrogen and oxygen atoms in total. The van der Waals surface area contributed by atoms with Crippen molar-refractivity contribution in [1.29, 1.82) is 0 Å². The third-order valence-electron chi connectivity index (χ3n) is 5.46. The van der Waals surface area contributed by atoms with E-state index in [9.17, 15) is 14.4 Å². The molecule has 0 bridgehead atoms. The number of benzene rings is 2. The molecule has 0 heterocycles. The first-order valence-electron chi connectivity index (χ1n) is 10.3. The fourth-order valence-electron chi connectivity index (χ4n) is 3.54. The number of hydrogen-bond acceptors (Lipinski definition) is 4. The summed E-state index contributed by atoms with van der Waals surface area (Å²) in [6.07, 6.45) is 7.08. The predicted octanol–water partition coefficient (Wildman–Crippen LogP) is 2.69. The summed E-state index contributed by atoms with van der Waals surface area (Å²) in [6, 6.07) is 17.4. The lowest BCUT2D eigenvalue weighted by atomic mass is 9.86. The molecule has 32 heavy (non-hydrogen) atoms. The van der Waals surface area contributed by atoms with Gasteiger partial charge in [0.2, 0.25) is 11.8 Å². The van der Waals surface area contributed by atoms with Crippen molar-refractivity contribution in [1.82, 2.24) is 10.2 Å². The number of nitrogens with zero attached hydrogens (tertiary/aromatic N) is 1. The van der Waals surface area contributed by atoms with Crippen molar-refractivity contribution in [3.8, 4) is 0 Å². The monoisotopic (exact) mass is 451 g/mol. The van der Waals surface area contributed by atoms with Crippen molar-refractivity contribution in [3.05, 3.63) is 96.1 Å². The molecule has 2 aromatic rings. The molecule has 7 heteroatoms. The zero-order chi connectivity index (χ0) is 23.1. The first-order valence-corrected chi connectivity index (χ1v) is 10.7. The van der Waals surface area contributed by atoms with Gasteiger partial charge < -0.3 is 16.0 Å². The standard InChI is InChI=1S/C25H26ClN3O3/c1-29(22(30)17-28-24(32)21(27)16-18-10-4-2-5-11-18)25(26)15-9-8-14-20(25)23(31)19-12-6-3-7-13-19/h2-15,20-21H,16-17,27H2,1H3,(H,28,32)/t20?,21-,25?/m0/s1. The van der Waals surface area contributed by atoms with Gasteiger partial charge in [-0.15, -0.1) is 0 Å². The molecule has 0 radical (unpaired) electrons. The number of amides is 2. The maximum Gasteiger partial charge on any atom is 0.243 e. The molecule has 0 aliphatic heterocycles. The normalized spacial score (nSPS) is 20.4. The minimum atomic E-state index is -1.39. The summed E-state index contributed by atoms with van der Waals surface area (Å²) in [5.74, 6) is -1.85. The fourth-order valence-corrected chi connectivity index (χ4v) is 3.88. The van der Waals surface area contributed by atoms with Crippen LogP contribution < -0.4 is 11.1 Å². The second-order valence-electron chi connectivity index (χ2n) is 7.65. The van der Waals surface area contributed by atoms with Crippen LogP contribution in [0.15, 0.2) is 85.0 Å². The number of rotatable bonds is 8. The number of allylic oxidation sites excluding steroid dienone is 2. The van der Waals surface area contributed by atoms with Crippen molar-refractivity contribution in [3.63, 3.8) is 0 Å². The van der Waals surface area contributed by atoms with E-state index in [0.29, 0.717) is 12.0 Å². The zero-order valence-electron chi connectivity index (χ0n) is 17.8. The first kappa shape index (κ1) is 23.4. The van der Waals surface area contributed by atoms with Crippen LogP contribution in [0, 0.1) is 5.92 Å². The highest BCUT2D eigenvalue weighted by Gasteiger charge is 2.44. The third-order valence-corrected chi connectivity index (χ3v) is 6.07. The van der Waals surface area contributed by atoms with Crippen LogP contribution in [-0.2, 0) is 16.0 Å². The molecular formula is C25H26ClN3O3. The van der Waals surface area contributed by atoms with Gasteiger partial charge in [-0.3, -0.25) is 14.4 Å². The van der Waals surface area contributed by atoms with E-state index in [2.05, 4.69) is 5.32 Å². The Morgan fingerprint density at radius 2 is 1.69 bits per heavy atom. The van der Waals surface area contributed by atoms with Gasteiger partial charge in [-0.1, -0.05) is 90.5 Å². The average molecular weight is 452 g/mol. The molecule has 2 aromatic carbocycles. The molecule has 1 aliphatic rings. The molecular weight excluding hydrogens is 426 g/mol. The predicted molar refractivity (Wildman–Crippen MR) is 125 cm³/mol. The van der Waals surface area contributed by atoms with Gasteiger partial charge in [-0.05, 0) is 18.1 Å². The number of nitrogens with two attached hydrogens (primary N) is 1. The first-order chi connectivity index (χ1) is 15.3. The summed E-state index contributed by atoms with van der Waals surface area (Å²) in [5, 5.41) is 2.57. The van der Waals surface area contributed by atoms with Crippen LogP contribution in [0.2, 0.25) is 0 Å². The SMILES string of the molecule is CN(C(=O)CNC(=O)[C@@H](N)Cc1ccccc1)C1(Cl)C=CC=CC1C(=O)c1ccccc1. The fraction of sp³-hybridized carbons (Fsp3) is 0.240. The summed E-state index contributed by atoms with van der Waals surface area (Å²) < 4.78 is 0. The highest BCUT2D eigenvalue weighted by molar-refractivity contribution is 6.28. The molecule has 3 rings (SSSR count). The zero-order valence-corrected chi connectivity index (χ0v) is 18.5. The van der Waals surface area contributed by atoms with Gasteiger partial charge in [0.25, 0.3) is 0 Å². The quantitative estimate of drug-likeness (QED) is 0.366. The Balaban J connectivity index is 1.64. The smallest absolute Gasteiger partial charge is 0.243 e. The largest absolute Gasteiger partial charge is 0.346 e. The van der Waals surface area contributed by atoms with Crippen LogP contribution >= 0.6 is 11.6 Å². The van der Waals surface area contributed by atoms with Gasteiger partial charge in [-0.25, -0.2) is 0 Å². The van der Waals surface area contributed by atoms with E-state index < -0.39 is 28.8 Å². The number of alkyl halides is 1. The van der Waals surface area contributed by atoms with Crippen molar-refractivity contribution in [2.75, 3.05) is 13.6 Å².